The third-order valence-corrected chi connectivity index (χ3v) is 5.49. The maximum atomic E-state index is 12.9. The molecule has 8 heteroatoms. The molecule has 0 aliphatic heterocycles. The van der Waals surface area contributed by atoms with Crippen LogP contribution >= 0.6 is 38.9 Å². The third kappa shape index (κ3) is 2.92. The minimum atomic E-state index is -0.461. The minimum Gasteiger partial charge on any atom is -0.425 e. The van der Waals surface area contributed by atoms with E-state index in [1.54, 1.807) is 22.6 Å². The summed E-state index contributed by atoms with van der Waals surface area (Å²) in [6.45, 7) is 1.31. The lowest BCUT2D eigenvalue weighted by Crippen LogP contribution is -2.22. The van der Waals surface area contributed by atoms with Gasteiger partial charge in [0, 0.05) is 17.5 Å². The first-order chi connectivity index (χ1) is 12.4. The highest BCUT2D eigenvalue weighted by Gasteiger charge is 2.14. The first kappa shape index (κ1) is 17.2. The number of halogens is 2. The molecule has 2 heterocycles. The summed E-state index contributed by atoms with van der Waals surface area (Å²) >= 11 is 10.7. The van der Waals surface area contributed by atoms with E-state index in [1.807, 2.05) is 24.3 Å². The lowest BCUT2D eigenvalue weighted by atomic mass is 10.2. The Hall–Kier alpha value is -2.22. The molecular weight excluding hydrogens is 440 g/mol. The van der Waals surface area contributed by atoms with Crippen LogP contribution in [-0.4, -0.2) is 15.4 Å². The molecule has 4 rings (SSSR count). The Morgan fingerprint density at radius 3 is 2.88 bits per heavy atom. The second kappa shape index (κ2) is 6.50. The smallest absolute Gasteiger partial charge is 0.308 e. The highest BCUT2D eigenvalue weighted by Crippen LogP contribution is 2.33. The van der Waals surface area contributed by atoms with Crippen molar-refractivity contribution in [3.05, 3.63) is 66.3 Å². The summed E-state index contributed by atoms with van der Waals surface area (Å²) in [5, 5.41) is 0.457. The molecule has 0 unspecified atom stereocenters. The summed E-state index contributed by atoms with van der Waals surface area (Å²) in [5.41, 5.74) is 1.89. The molecule has 0 spiro atoms. The summed E-state index contributed by atoms with van der Waals surface area (Å²) in [6, 6.07) is 10.7. The Labute approximate surface area is 164 Å². The van der Waals surface area contributed by atoms with Crippen LogP contribution < -0.4 is 14.8 Å². The van der Waals surface area contributed by atoms with Crippen LogP contribution in [0.25, 0.3) is 22.1 Å². The molecule has 2 aromatic carbocycles. The van der Waals surface area contributed by atoms with Crippen molar-refractivity contribution in [2.24, 2.45) is 0 Å². The summed E-state index contributed by atoms with van der Waals surface area (Å²) in [4.78, 5) is 29.4. The predicted octanol–water partition coefficient (Wildman–Crippen LogP) is 3.80. The number of ether oxygens (including phenoxy) is 1. The monoisotopic (exact) mass is 448 g/mol. The van der Waals surface area contributed by atoms with Crippen LogP contribution in [0.5, 0.6) is 5.75 Å². The Balaban J connectivity index is 1.99. The van der Waals surface area contributed by atoms with Gasteiger partial charge in [0.05, 0.1) is 20.0 Å². The van der Waals surface area contributed by atoms with Gasteiger partial charge in [-0.2, -0.15) is 0 Å². The summed E-state index contributed by atoms with van der Waals surface area (Å²) in [6.07, 6.45) is 1.66. The van der Waals surface area contributed by atoms with Gasteiger partial charge in [0.2, 0.25) is 0 Å². The van der Waals surface area contributed by atoms with E-state index in [0.717, 1.165) is 11.0 Å². The van der Waals surface area contributed by atoms with Crippen molar-refractivity contribution in [3.63, 3.8) is 0 Å². The maximum Gasteiger partial charge on any atom is 0.308 e. The summed E-state index contributed by atoms with van der Waals surface area (Å²) in [7, 11) is 0. The SMILES string of the molecule is CC(=O)Oc1c(Br)cc(Cl)cc1/C=c1\sc2nc3ccccc3n2c1=O. The zero-order chi connectivity index (χ0) is 18.4. The molecule has 2 aromatic heterocycles. The fourth-order valence-corrected chi connectivity index (χ4v) is 4.58. The van der Waals surface area contributed by atoms with Gasteiger partial charge in [-0.25, -0.2) is 9.38 Å². The number of carbonyl (C=O) groups excluding carboxylic acids is 1. The summed E-state index contributed by atoms with van der Waals surface area (Å²) in [5.74, 6) is -0.144. The molecule has 26 heavy (non-hydrogen) atoms. The highest BCUT2D eigenvalue weighted by molar-refractivity contribution is 9.10. The number of para-hydroxylation sites is 2. The maximum absolute atomic E-state index is 12.9. The van der Waals surface area contributed by atoms with Gasteiger partial charge in [-0.1, -0.05) is 35.1 Å². The Bertz CT molecular complexity index is 1300. The highest BCUT2D eigenvalue weighted by atomic mass is 79.9. The van der Waals surface area contributed by atoms with Gasteiger partial charge < -0.3 is 4.74 Å². The molecule has 0 atom stereocenters. The van der Waals surface area contributed by atoms with Crippen molar-refractivity contribution in [1.82, 2.24) is 9.38 Å². The minimum absolute atomic E-state index is 0.177. The van der Waals surface area contributed by atoms with E-state index in [0.29, 0.717) is 30.3 Å². The molecule has 0 saturated heterocycles. The fourth-order valence-electron chi connectivity index (χ4n) is 2.69. The Kier molecular flexibility index (Phi) is 4.30. The van der Waals surface area contributed by atoms with E-state index in [4.69, 9.17) is 16.3 Å². The fraction of sp³-hybridized carbons (Fsp3) is 0.0556. The van der Waals surface area contributed by atoms with Crippen LogP contribution in [0, 0.1) is 0 Å². The number of imidazole rings is 1. The van der Waals surface area contributed by atoms with Crippen molar-refractivity contribution in [3.8, 4) is 5.75 Å². The number of fused-ring (bicyclic) bond motifs is 3. The number of thiazole rings is 1. The second-order valence-electron chi connectivity index (χ2n) is 5.53. The van der Waals surface area contributed by atoms with Gasteiger partial charge in [-0.05, 0) is 46.3 Å². The zero-order valence-corrected chi connectivity index (χ0v) is 16.5. The van der Waals surface area contributed by atoms with Gasteiger partial charge >= 0.3 is 5.97 Å². The van der Waals surface area contributed by atoms with Crippen LogP contribution in [0.3, 0.4) is 0 Å². The van der Waals surface area contributed by atoms with Gasteiger partial charge in [0.15, 0.2) is 10.7 Å². The van der Waals surface area contributed by atoms with Gasteiger partial charge in [0.1, 0.15) is 0 Å². The number of aromatic nitrogens is 2. The van der Waals surface area contributed by atoms with E-state index in [2.05, 4.69) is 20.9 Å². The van der Waals surface area contributed by atoms with Crippen LogP contribution in [0.4, 0.5) is 0 Å². The number of benzene rings is 2. The number of hydrogen-bond acceptors (Lipinski definition) is 5. The lowest BCUT2D eigenvalue weighted by molar-refractivity contribution is -0.131. The Morgan fingerprint density at radius 1 is 1.35 bits per heavy atom. The van der Waals surface area contributed by atoms with Crippen LogP contribution in [0.1, 0.15) is 12.5 Å². The van der Waals surface area contributed by atoms with Crippen molar-refractivity contribution < 1.29 is 9.53 Å². The standard InChI is InChI=1S/C18H10BrClN2O3S/c1-9(23)25-16-10(6-11(20)8-12(16)19)7-15-17(24)22-14-5-3-2-4-13(14)21-18(22)26-15/h2-8H,1H3/b15-7-. The average Bonchev–Trinajstić information content (AvgIpc) is 3.07. The summed E-state index contributed by atoms with van der Waals surface area (Å²) < 4.78 is 7.86. The van der Waals surface area contributed by atoms with E-state index in [1.165, 1.54) is 18.3 Å². The largest absolute Gasteiger partial charge is 0.425 e. The van der Waals surface area contributed by atoms with Crippen molar-refractivity contribution in [2.45, 2.75) is 6.92 Å². The first-order valence-corrected chi connectivity index (χ1v) is 9.52. The molecule has 0 bridgehead atoms. The second-order valence-corrected chi connectivity index (χ2v) is 7.83. The van der Waals surface area contributed by atoms with E-state index >= 15 is 0 Å². The molecule has 0 fully saturated rings. The van der Waals surface area contributed by atoms with Crippen molar-refractivity contribution in [1.29, 1.82) is 0 Å². The quantitative estimate of drug-likeness (QED) is 0.345. The number of nitrogens with zero attached hydrogens (tertiary/aromatic N) is 2. The lowest BCUT2D eigenvalue weighted by Gasteiger charge is -2.08. The van der Waals surface area contributed by atoms with E-state index in [-0.39, 0.29) is 5.56 Å². The van der Waals surface area contributed by atoms with Crippen LogP contribution in [0.15, 0.2) is 45.7 Å². The van der Waals surface area contributed by atoms with Crippen molar-refractivity contribution in [2.75, 3.05) is 0 Å². The van der Waals surface area contributed by atoms with Crippen LogP contribution in [-0.2, 0) is 4.79 Å². The molecule has 0 amide bonds. The molecule has 0 N–H and O–H groups in total. The predicted molar refractivity (Wildman–Crippen MR) is 106 cm³/mol. The van der Waals surface area contributed by atoms with Gasteiger partial charge in [-0.3, -0.25) is 9.59 Å². The molecular formula is C18H10BrClN2O3S. The van der Waals surface area contributed by atoms with Gasteiger partial charge in [0.25, 0.3) is 5.56 Å². The molecule has 0 aliphatic rings. The third-order valence-electron chi connectivity index (χ3n) is 3.71. The molecule has 130 valence electrons. The Morgan fingerprint density at radius 2 is 2.12 bits per heavy atom. The molecule has 5 nitrogen and oxygen atoms in total. The molecule has 0 saturated carbocycles. The molecule has 4 aromatic rings. The van der Waals surface area contributed by atoms with E-state index in [9.17, 15) is 9.59 Å². The average molecular weight is 450 g/mol. The number of carbonyl (C=O) groups is 1. The number of esters is 1. The topological polar surface area (TPSA) is 60.7 Å². The van der Waals surface area contributed by atoms with Crippen LogP contribution in [0.2, 0.25) is 5.02 Å². The van der Waals surface area contributed by atoms with Crippen molar-refractivity contribution >= 4 is 66.9 Å². The zero-order valence-electron chi connectivity index (χ0n) is 13.3. The van der Waals surface area contributed by atoms with E-state index < -0.39 is 5.97 Å². The first-order valence-electron chi connectivity index (χ1n) is 7.53. The van der Waals surface area contributed by atoms with Gasteiger partial charge in [-0.15, -0.1) is 0 Å². The normalized spacial score (nSPS) is 12.2. The molecule has 0 radical (unpaired) electrons. The number of rotatable bonds is 2. The molecule has 0 aliphatic carbocycles. The number of hydrogen-bond donors (Lipinski definition) is 0.